The van der Waals surface area contributed by atoms with E-state index in [-0.39, 0.29) is 0 Å². The Morgan fingerprint density at radius 2 is 0.925 bits per heavy atom. The van der Waals surface area contributed by atoms with Crippen molar-refractivity contribution in [2.24, 2.45) is 9.98 Å². The van der Waals surface area contributed by atoms with E-state index in [2.05, 4.69) is 126 Å². The highest BCUT2D eigenvalue weighted by Crippen LogP contribution is 2.36. The number of benzene rings is 4. The first-order valence-corrected chi connectivity index (χ1v) is 21.6. The predicted molar refractivity (Wildman–Crippen MR) is 236 cm³/mol. The lowest BCUT2D eigenvalue weighted by Crippen LogP contribution is -2.09. The van der Waals surface area contributed by atoms with E-state index in [0.717, 1.165) is 54.9 Å². The Morgan fingerprint density at radius 1 is 0.453 bits per heavy atom. The first-order chi connectivity index (χ1) is 26.0. The summed E-state index contributed by atoms with van der Waals surface area (Å²) in [5.41, 5.74) is 15.5. The lowest BCUT2D eigenvalue weighted by Gasteiger charge is -2.18. The van der Waals surface area contributed by atoms with Gasteiger partial charge >= 0.3 is 0 Å². The van der Waals surface area contributed by atoms with E-state index in [1.807, 2.05) is 0 Å². The first kappa shape index (κ1) is 42.0. The fraction of sp³-hybridized carbons (Fsp3) is 0.490. The van der Waals surface area contributed by atoms with Crippen molar-refractivity contribution in [1.29, 1.82) is 0 Å². The number of rotatable bonds is 24. The molecule has 0 fully saturated rings. The van der Waals surface area contributed by atoms with Crippen LogP contribution in [0.4, 0.5) is 11.4 Å². The lowest BCUT2D eigenvalue weighted by atomic mass is 9.88. The third-order valence-electron chi connectivity index (χ3n) is 10.8. The second-order valence-corrected chi connectivity index (χ2v) is 15.1. The molecule has 0 atom stereocenters. The van der Waals surface area contributed by atoms with Crippen molar-refractivity contribution in [3.05, 3.63) is 107 Å². The molecule has 0 aliphatic carbocycles. The van der Waals surface area contributed by atoms with Gasteiger partial charge in [-0.2, -0.15) is 0 Å². The molecule has 2 nitrogen and oxygen atoms in total. The van der Waals surface area contributed by atoms with Crippen LogP contribution >= 0.6 is 0 Å². The highest BCUT2D eigenvalue weighted by Gasteiger charge is 2.16. The highest BCUT2D eigenvalue weighted by atomic mass is 14.8. The van der Waals surface area contributed by atoms with Crippen molar-refractivity contribution in [2.45, 2.75) is 164 Å². The maximum Gasteiger partial charge on any atom is 0.0642 e. The minimum absolute atomic E-state index is 0.842. The molecule has 0 unspecified atom stereocenters. The van der Waals surface area contributed by atoms with Gasteiger partial charge in [0.15, 0.2) is 0 Å². The fourth-order valence-electron chi connectivity index (χ4n) is 7.75. The number of nitrogens with zero attached hydrogens (tertiary/aromatic N) is 2. The standard InChI is InChI=1S/C51H70N2/c1-7-12-16-18-19-27-35-48-43(28-14-9-3)36-47(39-49(48)41-30-23-20-24-31-41)53-50(11-5)40(6)52-46-37-44(29-15-10-4)51(42-32-25-21-26-33-42)45(38-46)34-22-17-13-8-2/h20-21,23-26,30-33,36-39H,7-19,22,27-29,34-35H2,1-6H3. The number of unbranched alkanes of at least 4 members (excludes halogenated alkanes) is 10. The van der Waals surface area contributed by atoms with Crippen molar-refractivity contribution in [2.75, 3.05) is 0 Å². The Bertz CT molecular complexity index is 1700. The van der Waals surface area contributed by atoms with Gasteiger partial charge in [-0.15, -0.1) is 0 Å². The van der Waals surface area contributed by atoms with Gasteiger partial charge in [0, 0.05) is 0 Å². The van der Waals surface area contributed by atoms with Crippen LogP contribution in [0.1, 0.15) is 160 Å². The molecule has 2 heteroatoms. The van der Waals surface area contributed by atoms with Crippen LogP contribution in [0.25, 0.3) is 22.3 Å². The van der Waals surface area contributed by atoms with Crippen LogP contribution in [0.3, 0.4) is 0 Å². The summed E-state index contributed by atoms with van der Waals surface area (Å²) in [5, 5.41) is 0. The summed E-state index contributed by atoms with van der Waals surface area (Å²) in [6.07, 6.45) is 23.0. The Balaban J connectivity index is 1.77. The van der Waals surface area contributed by atoms with Gasteiger partial charge in [0.25, 0.3) is 0 Å². The molecule has 284 valence electrons. The predicted octanol–water partition coefficient (Wildman–Crippen LogP) is 16.0. The van der Waals surface area contributed by atoms with Crippen LogP contribution < -0.4 is 0 Å². The maximum absolute atomic E-state index is 5.41. The van der Waals surface area contributed by atoms with E-state index in [9.17, 15) is 0 Å². The Kier molecular flexibility index (Phi) is 18.8. The van der Waals surface area contributed by atoms with Crippen molar-refractivity contribution in [3.8, 4) is 22.3 Å². The third-order valence-corrected chi connectivity index (χ3v) is 10.8. The minimum Gasteiger partial charge on any atom is -0.252 e. The van der Waals surface area contributed by atoms with Gasteiger partial charge in [-0.05, 0) is 133 Å². The largest absolute Gasteiger partial charge is 0.252 e. The topological polar surface area (TPSA) is 24.7 Å². The third kappa shape index (κ3) is 13.2. The van der Waals surface area contributed by atoms with Gasteiger partial charge in [-0.3, -0.25) is 9.98 Å². The van der Waals surface area contributed by atoms with Gasteiger partial charge in [0.05, 0.1) is 22.8 Å². The molecule has 0 spiro atoms. The molecule has 0 saturated heterocycles. The zero-order valence-electron chi connectivity index (χ0n) is 34.4. The van der Waals surface area contributed by atoms with Crippen LogP contribution in [0.15, 0.2) is 94.9 Å². The van der Waals surface area contributed by atoms with Crippen LogP contribution in [0.2, 0.25) is 0 Å². The number of aliphatic imine (C=N–C) groups is 2. The lowest BCUT2D eigenvalue weighted by molar-refractivity contribution is 0.606. The molecule has 4 rings (SSSR count). The van der Waals surface area contributed by atoms with E-state index in [4.69, 9.17) is 9.98 Å². The number of hydrogen-bond donors (Lipinski definition) is 0. The smallest absolute Gasteiger partial charge is 0.0642 e. The van der Waals surface area contributed by atoms with Gasteiger partial charge in [-0.25, -0.2) is 0 Å². The van der Waals surface area contributed by atoms with E-state index < -0.39 is 0 Å². The van der Waals surface area contributed by atoms with Crippen molar-refractivity contribution >= 4 is 22.8 Å². The number of hydrogen-bond acceptors (Lipinski definition) is 2. The molecule has 0 heterocycles. The van der Waals surface area contributed by atoms with Crippen LogP contribution in [-0.4, -0.2) is 11.4 Å². The minimum atomic E-state index is 0.842. The molecule has 0 bridgehead atoms. The monoisotopic (exact) mass is 711 g/mol. The summed E-state index contributed by atoms with van der Waals surface area (Å²) in [6, 6.07) is 31.6. The van der Waals surface area contributed by atoms with Crippen molar-refractivity contribution < 1.29 is 0 Å². The molecule has 0 aromatic heterocycles. The summed E-state index contributed by atoms with van der Waals surface area (Å²) < 4.78 is 0. The molecular formula is C51H70N2. The molecule has 53 heavy (non-hydrogen) atoms. The summed E-state index contributed by atoms with van der Waals surface area (Å²) in [5.74, 6) is 0. The zero-order chi connectivity index (χ0) is 37.7. The molecule has 4 aromatic carbocycles. The SMILES string of the molecule is CCCCCCCCc1c(CCCC)cc(N=C(CC)C(C)=Nc2cc(CCCC)c(-c3ccccc3)c(CCCCCC)c2)cc1-c1ccccc1. The Hall–Kier alpha value is -3.78. The molecule has 0 saturated carbocycles. The molecule has 0 aliphatic heterocycles. The molecular weight excluding hydrogens is 641 g/mol. The quantitative estimate of drug-likeness (QED) is 0.0511. The molecule has 0 amide bonds. The molecule has 4 aromatic rings. The average Bonchev–Trinajstić information content (AvgIpc) is 3.19. The summed E-state index contributed by atoms with van der Waals surface area (Å²) >= 11 is 0. The molecule has 0 radical (unpaired) electrons. The second-order valence-electron chi connectivity index (χ2n) is 15.1. The zero-order valence-corrected chi connectivity index (χ0v) is 34.4. The maximum atomic E-state index is 5.41. The van der Waals surface area contributed by atoms with E-state index >= 15 is 0 Å². The molecule has 0 N–H and O–H groups in total. The van der Waals surface area contributed by atoms with Gasteiger partial charge in [-0.1, -0.05) is 159 Å². The average molecular weight is 711 g/mol. The molecule has 0 aliphatic rings. The van der Waals surface area contributed by atoms with E-state index in [1.54, 1.807) is 0 Å². The number of aryl methyl sites for hydroxylation is 3. The fourth-order valence-corrected chi connectivity index (χ4v) is 7.75. The van der Waals surface area contributed by atoms with E-state index in [0.29, 0.717) is 0 Å². The summed E-state index contributed by atoms with van der Waals surface area (Å²) in [6.45, 7) is 13.6. The normalized spacial score (nSPS) is 12.1. The summed E-state index contributed by atoms with van der Waals surface area (Å²) in [7, 11) is 0. The van der Waals surface area contributed by atoms with Crippen LogP contribution in [-0.2, 0) is 25.7 Å². The van der Waals surface area contributed by atoms with Gasteiger partial charge in [0.1, 0.15) is 0 Å². The summed E-state index contributed by atoms with van der Waals surface area (Å²) in [4.78, 5) is 10.8. The Morgan fingerprint density at radius 3 is 1.53 bits per heavy atom. The van der Waals surface area contributed by atoms with E-state index in [1.165, 1.54) is 134 Å². The van der Waals surface area contributed by atoms with Crippen molar-refractivity contribution in [1.82, 2.24) is 0 Å². The van der Waals surface area contributed by atoms with Gasteiger partial charge in [0.2, 0.25) is 0 Å². The highest BCUT2D eigenvalue weighted by molar-refractivity contribution is 6.42. The van der Waals surface area contributed by atoms with Crippen LogP contribution in [0, 0.1) is 0 Å². The van der Waals surface area contributed by atoms with Gasteiger partial charge < -0.3 is 0 Å². The first-order valence-electron chi connectivity index (χ1n) is 21.6. The Labute approximate surface area is 324 Å². The van der Waals surface area contributed by atoms with Crippen molar-refractivity contribution in [3.63, 3.8) is 0 Å². The second kappa shape index (κ2) is 23.8. The van der Waals surface area contributed by atoms with Crippen LogP contribution in [0.5, 0.6) is 0 Å².